The zero-order chi connectivity index (χ0) is 13.8. The van der Waals surface area contributed by atoms with E-state index in [1.165, 1.54) is 0 Å². The molecule has 1 aromatic rings. The van der Waals surface area contributed by atoms with Crippen LogP contribution in [0.1, 0.15) is 25.3 Å². The molecule has 4 nitrogen and oxygen atoms in total. The van der Waals surface area contributed by atoms with E-state index in [1.54, 1.807) is 18.2 Å². The molecule has 0 aromatic heterocycles. The lowest BCUT2D eigenvalue weighted by molar-refractivity contribution is -0.119. The number of piperidine rings is 1. The number of carbonyl (C=O) groups is 1. The number of carbonyl (C=O) groups excluding carboxylic acids is 1. The lowest BCUT2D eigenvalue weighted by Gasteiger charge is -2.29. The molecule has 100 valence electrons. The Hall–Kier alpha value is -1.38. The van der Waals surface area contributed by atoms with E-state index in [0.717, 1.165) is 23.9 Å². The summed E-state index contributed by atoms with van der Waals surface area (Å²) < 4.78 is 0.725. The van der Waals surface area contributed by atoms with E-state index in [1.807, 2.05) is 0 Å². The number of nitrogens with one attached hydrogen (secondary N) is 2. The average Bonchev–Trinajstić information content (AvgIpc) is 2.41. The number of nitrogens with zero attached hydrogens (tertiary/aromatic N) is 1. The summed E-state index contributed by atoms with van der Waals surface area (Å²) in [5, 5.41) is 15.0. The number of benzene rings is 1. The second-order valence-electron chi connectivity index (χ2n) is 4.85. The van der Waals surface area contributed by atoms with E-state index in [2.05, 4.69) is 39.6 Å². The van der Waals surface area contributed by atoms with E-state index < -0.39 is 0 Å². The number of nitriles is 1. The molecule has 5 heteroatoms. The monoisotopic (exact) mass is 321 g/mol. The van der Waals surface area contributed by atoms with Crippen LogP contribution in [0.15, 0.2) is 22.7 Å². The van der Waals surface area contributed by atoms with Crippen LogP contribution in [-0.2, 0) is 4.79 Å². The molecule has 2 N–H and O–H groups in total. The van der Waals surface area contributed by atoms with Crippen molar-refractivity contribution in [3.8, 4) is 6.07 Å². The second kappa shape index (κ2) is 6.18. The first-order valence-electron chi connectivity index (χ1n) is 6.35. The molecule has 0 saturated carbocycles. The molecule has 2 rings (SSSR count). The highest BCUT2D eigenvalue weighted by Gasteiger charge is 2.27. The van der Waals surface area contributed by atoms with Crippen LogP contribution in [0.5, 0.6) is 0 Å². The Kier molecular flexibility index (Phi) is 4.56. The second-order valence-corrected chi connectivity index (χ2v) is 5.70. The fourth-order valence-electron chi connectivity index (χ4n) is 2.30. The van der Waals surface area contributed by atoms with Crippen molar-refractivity contribution in [2.45, 2.75) is 25.8 Å². The van der Waals surface area contributed by atoms with Crippen molar-refractivity contribution in [2.24, 2.45) is 5.92 Å². The van der Waals surface area contributed by atoms with Gasteiger partial charge in [-0.05, 0) is 59.4 Å². The molecule has 0 spiro atoms. The first-order valence-corrected chi connectivity index (χ1v) is 7.15. The van der Waals surface area contributed by atoms with E-state index in [9.17, 15) is 4.79 Å². The maximum absolute atomic E-state index is 12.2. The Morgan fingerprint density at radius 1 is 1.58 bits per heavy atom. The van der Waals surface area contributed by atoms with Gasteiger partial charge in [0, 0.05) is 4.47 Å². The minimum absolute atomic E-state index is 0.0161. The molecule has 2 atom stereocenters. The first-order chi connectivity index (χ1) is 9.11. The Bertz CT molecular complexity index is 524. The topological polar surface area (TPSA) is 64.9 Å². The van der Waals surface area contributed by atoms with Crippen LogP contribution in [-0.4, -0.2) is 18.5 Å². The third-order valence-corrected chi connectivity index (χ3v) is 4.06. The molecule has 1 aliphatic heterocycles. The minimum Gasteiger partial charge on any atom is -0.324 e. The van der Waals surface area contributed by atoms with Gasteiger partial charge in [-0.25, -0.2) is 0 Å². The Morgan fingerprint density at radius 3 is 3.00 bits per heavy atom. The van der Waals surface area contributed by atoms with Gasteiger partial charge in [-0.3, -0.25) is 4.79 Å². The summed E-state index contributed by atoms with van der Waals surface area (Å²) >= 11 is 3.37. The molecule has 1 saturated heterocycles. The van der Waals surface area contributed by atoms with Crippen LogP contribution in [0.2, 0.25) is 0 Å². The third-order valence-electron chi connectivity index (χ3n) is 3.41. The largest absolute Gasteiger partial charge is 0.324 e. The number of anilines is 1. The molecule has 2 unspecified atom stereocenters. The molecular formula is C14H16BrN3O. The molecule has 1 aliphatic rings. The summed E-state index contributed by atoms with van der Waals surface area (Å²) in [5.41, 5.74) is 1.26. The summed E-state index contributed by atoms with van der Waals surface area (Å²) in [6.45, 7) is 2.97. The van der Waals surface area contributed by atoms with Gasteiger partial charge in [0.05, 0.1) is 23.4 Å². The van der Waals surface area contributed by atoms with Crippen LogP contribution in [0.25, 0.3) is 0 Å². The zero-order valence-corrected chi connectivity index (χ0v) is 12.3. The van der Waals surface area contributed by atoms with Crippen LogP contribution in [0.4, 0.5) is 5.69 Å². The van der Waals surface area contributed by atoms with Crippen LogP contribution in [0, 0.1) is 17.2 Å². The lowest BCUT2D eigenvalue weighted by Crippen LogP contribution is -2.48. The number of halogens is 1. The van der Waals surface area contributed by atoms with Gasteiger partial charge in [0.25, 0.3) is 0 Å². The van der Waals surface area contributed by atoms with E-state index in [4.69, 9.17) is 5.26 Å². The molecule has 1 amide bonds. The molecule has 0 bridgehead atoms. The third kappa shape index (κ3) is 3.34. The van der Waals surface area contributed by atoms with E-state index in [-0.39, 0.29) is 11.9 Å². The van der Waals surface area contributed by atoms with Crippen molar-refractivity contribution in [2.75, 3.05) is 11.9 Å². The van der Waals surface area contributed by atoms with Gasteiger partial charge in [0.15, 0.2) is 0 Å². The molecule has 1 fully saturated rings. The number of hydrogen-bond acceptors (Lipinski definition) is 3. The molecular weight excluding hydrogens is 306 g/mol. The van der Waals surface area contributed by atoms with Crippen molar-refractivity contribution < 1.29 is 4.79 Å². The van der Waals surface area contributed by atoms with E-state index >= 15 is 0 Å². The number of hydrogen-bond donors (Lipinski definition) is 2. The van der Waals surface area contributed by atoms with Gasteiger partial charge < -0.3 is 10.6 Å². The predicted octanol–water partition coefficient (Wildman–Crippen LogP) is 2.65. The van der Waals surface area contributed by atoms with Crippen LogP contribution < -0.4 is 10.6 Å². The average molecular weight is 322 g/mol. The van der Waals surface area contributed by atoms with Crippen molar-refractivity contribution >= 4 is 27.5 Å². The Labute approximate surface area is 121 Å². The van der Waals surface area contributed by atoms with Crippen LogP contribution >= 0.6 is 15.9 Å². The summed E-state index contributed by atoms with van der Waals surface area (Å²) in [4.78, 5) is 12.2. The maximum Gasteiger partial charge on any atom is 0.241 e. The fourth-order valence-corrected chi connectivity index (χ4v) is 2.77. The van der Waals surface area contributed by atoms with Crippen molar-refractivity contribution in [3.05, 3.63) is 28.2 Å². The quantitative estimate of drug-likeness (QED) is 0.880. The summed E-state index contributed by atoms with van der Waals surface area (Å²) in [6, 6.07) is 7.06. The lowest BCUT2D eigenvalue weighted by atomic mass is 9.92. The van der Waals surface area contributed by atoms with Crippen LogP contribution in [0.3, 0.4) is 0 Å². The summed E-state index contributed by atoms with van der Waals surface area (Å²) in [5.74, 6) is 0.323. The molecule has 0 aliphatic carbocycles. The highest BCUT2D eigenvalue weighted by molar-refractivity contribution is 9.10. The molecule has 0 radical (unpaired) electrons. The van der Waals surface area contributed by atoms with Gasteiger partial charge in [-0.2, -0.15) is 5.26 Å². The van der Waals surface area contributed by atoms with Gasteiger partial charge in [-0.15, -0.1) is 0 Å². The summed E-state index contributed by atoms with van der Waals surface area (Å²) in [6.07, 6.45) is 2.19. The van der Waals surface area contributed by atoms with Gasteiger partial charge >= 0.3 is 0 Å². The van der Waals surface area contributed by atoms with E-state index in [0.29, 0.717) is 17.2 Å². The molecule has 1 aromatic carbocycles. The van der Waals surface area contributed by atoms with Gasteiger partial charge in [0.1, 0.15) is 0 Å². The maximum atomic E-state index is 12.2. The number of rotatable bonds is 2. The predicted molar refractivity (Wildman–Crippen MR) is 77.7 cm³/mol. The van der Waals surface area contributed by atoms with Crippen molar-refractivity contribution in [1.29, 1.82) is 5.26 Å². The standard InChI is InChI=1S/C14H16BrN3O/c1-9-3-2-6-17-13(9)14(19)18-12-5-4-10(8-16)7-11(12)15/h4-5,7,9,13,17H,2-3,6H2,1H3,(H,18,19). The SMILES string of the molecule is CC1CCCNC1C(=O)Nc1ccc(C#N)cc1Br. The van der Waals surface area contributed by atoms with Gasteiger partial charge in [0.2, 0.25) is 5.91 Å². The Morgan fingerprint density at radius 2 is 2.37 bits per heavy atom. The molecule has 1 heterocycles. The van der Waals surface area contributed by atoms with Crippen molar-refractivity contribution in [1.82, 2.24) is 5.32 Å². The highest BCUT2D eigenvalue weighted by Crippen LogP contribution is 2.24. The first kappa shape index (κ1) is 14.0. The number of amides is 1. The molecule has 19 heavy (non-hydrogen) atoms. The van der Waals surface area contributed by atoms with Crippen molar-refractivity contribution in [3.63, 3.8) is 0 Å². The Balaban J connectivity index is 2.08. The highest BCUT2D eigenvalue weighted by atomic mass is 79.9. The zero-order valence-electron chi connectivity index (χ0n) is 10.7. The summed E-state index contributed by atoms with van der Waals surface area (Å²) in [7, 11) is 0. The smallest absolute Gasteiger partial charge is 0.241 e. The fraction of sp³-hybridized carbons (Fsp3) is 0.429. The van der Waals surface area contributed by atoms with Gasteiger partial charge in [-0.1, -0.05) is 6.92 Å². The minimum atomic E-state index is -0.142. The normalized spacial score (nSPS) is 22.6.